The number of nitrogens with zero attached hydrogens (tertiary/aromatic N) is 3. The topological polar surface area (TPSA) is 92.1 Å². The molecule has 2 aromatic heterocycles. The first-order valence-electron chi connectivity index (χ1n) is 8.14. The molecule has 0 spiro atoms. The normalized spacial score (nSPS) is 10.9. The van der Waals surface area contributed by atoms with Gasteiger partial charge < -0.3 is 5.32 Å². The van der Waals surface area contributed by atoms with Gasteiger partial charge in [0.05, 0.1) is 0 Å². The number of amides is 1. The first-order valence-corrected chi connectivity index (χ1v) is 8.51. The second-order valence-corrected chi connectivity index (χ2v) is 6.45. The van der Waals surface area contributed by atoms with Crippen molar-refractivity contribution in [1.29, 1.82) is 0 Å². The van der Waals surface area contributed by atoms with Crippen LogP contribution < -0.4 is 10.9 Å². The third-order valence-corrected chi connectivity index (χ3v) is 4.25. The number of halogens is 1. The lowest BCUT2D eigenvalue weighted by Gasteiger charge is -2.06. The quantitative estimate of drug-likeness (QED) is 0.571. The Morgan fingerprint density at radius 2 is 1.81 bits per heavy atom. The summed E-state index contributed by atoms with van der Waals surface area (Å²) in [6, 6.07) is 15.4. The molecule has 0 bridgehead atoms. The summed E-state index contributed by atoms with van der Waals surface area (Å²) in [6.45, 7) is 1.99. The van der Waals surface area contributed by atoms with E-state index >= 15 is 0 Å². The zero-order valence-electron chi connectivity index (χ0n) is 14.2. The summed E-state index contributed by atoms with van der Waals surface area (Å²) in [6.07, 6.45) is 0. The maximum atomic E-state index is 12.5. The number of aromatic nitrogens is 4. The lowest BCUT2D eigenvalue weighted by Crippen LogP contribution is -2.18. The fourth-order valence-corrected chi connectivity index (χ4v) is 2.72. The molecule has 134 valence electrons. The first kappa shape index (κ1) is 17.0. The van der Waals surface area contributed by atoms with Crippen molar-refractivity contribution >= 4 is 29.1 Å². The van der Waals surface area contributed by atoms with Crippen molar-refractivity contribution in [2.45, 2.75) is 6.92 Å². The number of rotatable bonds is 3. The molecule has 0 saturated heterocycles. The highest BCUT2D eigenvalue weighted by Crippen LogP contribution is 2.18. The average molecular weight is 380 g/mol. The van der Waals surface area contributed by atoms with E-state index in [1.807, 2.05) is 31.2 Å². The van der Waals surface area contributed by atoms with Gasteiger partial charge in [0.25, 0.3) is 11.5 Å². The van der Waals surface area contributed by atoms with Crippen LogP contribution in [0.1, 0.15) is 15.9 Å². The Morgan fingerprint density at radius 1 is 1.11 bits per heavy atom. The van der Waals surface area contributed by atoms with Crippen molar-refractivity contribution < 1.29 is 4.79 Å². The van der Waals surface area contributed by atoms with E-state index in [1.165, 1.54) is 10.6 Å². The van der Waals surface area contributed by atoms with E-state index in [4.69, 9.17) is 11.6 Å². The molecule has 0 aliphatic rings. The fraction of sp³-hybridized carbons (Fsp3) is 0.0526. The van der Waals surface area contributed by atoms with Gasteiger partial charge in [0.1, 0.15) is 5.82 Å². The highest BCUT2D eigenvalue weighted by Gasteiger charge is 2.14. The number of hydrogen-bond acceptors (Lipinski definition) is 4. The predicted molar refractivity (Wildman–Crippen MR) is 103 cm³/mol. The summed E-state index contributed by atoms with van der Waals surface area (Å²) in [7, 11) is 0. The zero-order valence-corrected chi connectivity index (χ0v) is 15.0. The van der Waals surface area contributed by atoms with Crippen molar-refractivity contribution in [3.63, 3.8) is 0 Å². The highest BCUT2D eigenvalue weighted by atomic mass is 35.5. The minimum absolute atomic E-state index is 0.222. The number of fused-ring (bicyclic) bond motifs is 1. The van der Waals surface area contributed by atoms with Crippen LogP contribution in [0.4, 0.5) is 5.82 Å². The van der Waals surface area contributed by atoms with Gasteiger partial charge in [-0.1, -0.05) is 41.4 Å². The Balaban J connectivity index is 1.74. The third kappa shape index (κ3) is 3.45. The Morgan fingerprint density at radius 3 is 2.52 bits per heavy atom. The summed E-state index contributed by atoms with van der Waals surface area (Å²) in [4.78, 5) is 31.4. The van der Waals surface area contributed by atoms with Gasteiger partial charge in [-0.3, -0.25) is 14.6 Å². The molecule has 0 radical (unpaired) electrons. The van der Waals surface area contributed by atoms with Gasteiger partial charge in [0.15, 0.2) is 5.82 Å². The van der Waals surface area contributed by atoms with Gasteiger partial charge in [-0.15, -0.1) is 5.10 Å². The second kappa shape index (κ2) is 6.69. The summed E-state index contributed by atoms with van der Waals surface area (Å²) in [5.74, 6) is 0.522. The molecule has 0 saturated carbocycles. The van der Waals surface area contributed by atoms with Gasteiger partial charge in [0, 0.05) is 22.2 Å². The van der Waals surface area contributed by atoms with Crippen molar-refractivity contribution in [2.75, 3.05) is 5.32 Å². The monoisotopic (exact) mass is 379 g/mol. The number of anilines is 1. The van der Waals surface area contributed by atoms with Gasteiger partial charge in [-0.2, -0.15) is 9.50 Å². The van der Waals surface area contributed by atoms with E-state index in [0.717, 1.165) is 11.1 Å². The number of aryl methyl sites for hydroxylation is 1. The predicted octanol–water partition coefficient (Wildman–Crippen LogP) is 3.30. The Kier molecular flexibility index (Phi) is 4.21. The fourth-order valence-electron chi connectivity index (χ4n) is 2.60. The molecular formula is C19H14ClN5O2. The number of aromatic amines is 1. The van der Waals surface area contributed by atoms with E-state index in [0.29, 0.717) is 16.4 Å². The summed E-state index contributed by atoms with van der Waals surface area (Å²) < 4.78 is 1.39. The molecule has 2 aromatic carbocycles. The molecule has 8 heteroatoms. The first-order chi connectivity index (χ1) is 13.0. The van der Waals surface area contributed by atoms with Crippen LogP contribution in [-0.2, 0) is 0 Å². The van der Waals surface area contributed by atoms with Crippen molar-refractivity contribution in [1.82, 2.24) is 19.6 Å². The van der Waals surface area contributed by atoms with E-state index in [9.17, 15) is 9.59 Å². The van der Waals surface area contributed by atoms with Crippen LogP contribution in [0.3, 0.4) is 0 Å². The molecule has 2 heterocycles. The Labute approximate surface area is 158 Å². The van der Waals surface area contributed by atoms with E-state index in [1.54, 1.807) is 24.3 Å². The number of carbonyl (C=O) groups excluding carboxylic acids is 1. The summed E-state index contributed by atoms with van der Waals surface area (Å²) >= 11 is 5.85. The summed E-state index contributed by atoms with van der Waals surface area (Å²) in [5.41, 5.74) is 1.94. The van der Waals surface area contributed by atoms with Gasteiger partial charge in [-0.05, 0) is 31.2 Å². The standard InChI is InChI=1S/C19H14ClN5O2/c1-11-2-4-12(5-3-11)17-23-19-22-16(26)10-15(25(19)24-17)21-18(27)13-6-8-14(20)9-7-13/h2-10H,1H3,(H,21,27)(H,22,23,24,26). The smallest absolute Gasteiger partial charge is 0.256 e. The maximum Gasteiger partial charge on any atom is 0.256 e. The lowest BCUT2D eigenvalue weighted by atomic mass is 10.1. The molecule has 0 aliphatic carbocycles. The molecular weight excluding hydrogens is 366 g/mol. The SMILES string of the molecule is Cc1ccc(-c2nc3[nH]c(=O)cc(NC(=O)c4ccc(Cl)cc4)n3n2)cc1. The van der Waals surface area contributed by atoms with Crippen LogP contribution in [0.15, 0.2) is 59.4 Å². The van der Waals surface area contributed by atoms with E-state index < -0.39 is 5.56 Å². The molecule has 0 fully saturated rings. The number of hydrogen-bond donors (Lipinski definition) is 2. The van der Waals surface area contributed by atoms with Crippen molar-refractivity contribution in [3.05, 3.63) is 81.1 Å². The number of benzene rings is 2. The van der Waals surface area contributed by atoms with Crippen LogP contribution in [0, 0.1) is 6.92 Å². The molecule has 4 rings (SSSR count). The lowest BCUT2D eigenvalue weighted by molar-refractivity contribution is 0.102. The van der Waals surface area contributed by atoms with Crippen LogP contribution in [0.2, 0.25) is 5.02 Å². The molecule has 0 atom stereocenters. The largest absolute Gasteiger partial charge is 0.306 e. The van der Waals surface area contributed by atoms with Crippen LogP contribution in [0.5, 0.6) is 0 Å². The number of nitrogens with one attached hydrogen (secondary N) is 2. The van der Waals surface area contributed by atoms with E-state index in [2.05, 4.69) is 20.4 Å². The molecule has 4 aromatic rings. The van der Waals surface area contributed by atoms with Gasteiger partial charge in [-0.25, -0.2) is 0 Å². The van der Waals surface area contributed by atoms with Crippen LogP contribution in [-0.4, -0.2) is 25.5 Å². The number of carbonyl (C=O) groups is 1. The van der Waals surface area contributed by atoms with E-state index in [-0.39, 0.29) is 17.5 Å². The number of H-pyrrole nitrogens is 1. The zero-order chi connectivity index (χ0) is 19.0. The maximum absolute atomic E-state index is 12.5. The average Bonchev–Trinajstić information content (AvgIpc) is 3.07. The third-order valence-electron chi connectivity index (χ3n) is 4.00. The van der Waals surface area contributed by atoms with Crippen LogP contribution in [0.25, 0.3) is 17.2 Å². The Bertz CT molecular complexity index is 1190. The molecule has 2 N–H and O–H groups in total. The minimum atomic E-state index is -0.392. The summed E-state index contributed by atoms with van der Waals surface area (Å²) in [5, 5.41) is 7.64. The minimum Gasteiger partial charge on any atom is -0.306 e. The van der Waals surface area contributed by atoms with Crippen molar-refractivity contribution in [2.24, 2.45) is 0 Å². The highest BCUT2D eigenvalue weighted by molar-refractivity contribution is 6.30. The molecule has 0 aliphatic heterocycles. The Hall–Kier alpha value is -3.45. The van der Waals surface area contributed by atoms with Crippen LogP contribution >= 0.6 is 11.6 Å². The molecule has 1 amide bonds. The van der Waals surface area contributed by atoms with Crippen molar-refractivity contribution in [3.8, 4) is 11.4 Å². The molecule has 7 nitrogen and oxygen atoms in total. The molecule has 0 unspecified atom stereocenters. The molecule has 27 heavy (non-hydrogen) atoms. The van der Waals surface area contributed by atoms with Gasteiger partial charge in [0.2, 0.25) is 5.78 Å². The van der Waals surface area contributed by atoms with Gasteiger partial charge >= 0.3 is 0 Å². The second-order valence-electron chi connectivity index (χ2n) is 6.02.